The summed E-state index contributed by atoms with van der Waals surface area (Å²) in [5.74, 6) is 0. The molecule has 0 bridgehead atoms. The zero-order chi connectivity index (χ0) is 12.0. The molecule has 0 amide bonds. The van der Waals surface area contributed by atoms with E-state index < -0.39 is 5.54 Å². The van der Waals surface area contributed by atoms with Crippen LogP contribution in [-0.4, -0.2) is 35.0 Å². The number of thiophene rings is 1. The number of hydrogen-bond donors (Lipinski definition) is 3. The van der Waals surface area contributed by atoms with Gasteiger partial charge in [-0.3, -0.25) is 0 Å². The summed E-state index contributed by atoms with van der Waals surface area (Å²) >= 11 is 1.69. The summed E-state index contributed by atoms with van der Waals surface area (Å²) in [7, 11) is 0. The van der Waals surface area contributed by atoms with E-state index in [1.807, 2.05) is 6.92 Å². The Balaban J connectivity index is 2.51. The number of rotatable bonds is 7. The van der Waals surface area contributed by atoms with Gasteiger partial charge >= 0.3 is 0 Å². The lowest BCUT2D eigenvalue weighted by atomic mass is 9.96. The highest BCUT2D eigenvalue weighted by Crippen LogP contribution is 2.13. The molecule has 0 spiro atoms. The molecule has 0 aromatic carbocycles. The molecule has 1 rings (SSSR count). The predicted molar refractivity (Wildman–Crippen MR) is 67.8 cm³/mol. The maximum atomic E-state index is 9.33. The third-order valence-electron chi connectivity index (χ3n) is 2.96. The summed E-state index contributed by atoms with van der Waals surface area (Å²) in [4.78, 5) is 0. The average molecular weight is 243 g/mol. The Morgan fingerprint density at radius 1 is 1.44 bits per heavy atom. The molecule has 92 valence electrons. The van der Waals surface area contributed by atoms with E-state index in [2.05, 4.69) is 29.1 Å². The minimum absolute atomic E-state index is 0.0338. The van der Waals surface area contributed by atoms with Crippen molar-refractivity contribution in [2.45, 2.75) is 38.3 Å². The second-order valence-electron chi connectivity index (χ2n) is 4.33. The molecule has 0 fully saturated rings. The van der Waals surface area contributed by atoms with Gasteiger partial charge in [-0.2, -0.15) is 11.3 Å². The maximum Gasteiger partial charge on any atom is 0.0647 e. The molecule has 0 saturated carbocycles. The summed E-state index contributed by atoms with van der Waals surface area (Å²) in [5.41, 5.74) is 0.751. The quantitative estimate of drug-likeness (QED) is 0.678. The molecule has 1 heterocycles. The first-order chi connectivity index (χ1) is 7.65. The Bertz CT molecular complexity index is 275. The van der Waals surface area contributed by atoms with E-state index in [9.17, 15) is 10.2 Å². The van der Waals surface area contributed by atoms with Gasteiger partial charge in [-0.15, -0.1) is 0 Å². The molecular formula is C12H21NO2S. The van der Waals surface area contributed by atoms with Gasteiger partial charge in [0, 0.05) is 6.04 Å². The largest absolute Gasteiger partial charge is 0.394 e. The van der Waals surface area contributed by atoms with Crippen LogP contribution in [0.1, 0.15) is 25.8 Å². The van der Waals surface area contributed by atoms with Gasteiger partial charge in [-0.25, -0.2) is 0 Å². The molecule has 16 heavy (non-hydrogen) atoms. The average Bonchev–Trinajstić information content (AvgIpc) is 2.79. The van der Waals surface area contributed by atoms with Crippen LogP contribution in [0.25, 0.3) is 0 Å². The van der Waals surface area contributed by atoms with Crippen LogP contribution in [0.3, 0.4) is 0 Å². The van der Waals surface area contributed by atoms with Gasteiger partial charge in [-0.1, -0.05) is 6.92 Å². The van der Waals surface area contributed by atoms with E-state index >= 15 is 0 Å². The van der Waals surface area contributed by atoms with Crippen LogP contribution >= 0.6 is 11.3 Å². The van der Waals surface area contributed by atoms with E-state index in [1.54, 1.807) is 11.3 Å². The SMILES string of the molecule is CCC(CO)(CO)NC(C)Cc1ccsc1. The fourth-order valence-corrected chi connectivity index (χ4v) is 2.48. The second-order valence-corrected chi connectivity index (χ2v) is 5.11. The number of aliphatic hydroxyl groups is 2. The molecule has 0 aliphatic heterocycles. The third-order valence-corrected chi connectivity index (χ3v) is 3.69. The highest BCUT2D eigenvalue weighted by atomic mass is 32.1. The molecular weight excluding hydrogens is 222 g/mol. The number of hydrogen-bond acceptors (Lipinski definition) is 4. The lowest BCUT2D eigenvalue weighted by molar-refractivity contribution is 0.0793. The minimum Gasteiger partial charge on any atom is -0.394 e. The standard InChI is InChI=1S/C12H21NO2S/c1-3-12(8-14,9-15)13-10(2)6-11-4-5-16-7-11/h4-5,7,10,13-15H,3,6,8-9H2,1-2H3. The van der Waals surface area contributed by atoms with Gasteiger partial charge in [0.1, 0.15) is 0 Å². The van der Waals surface area contributed by atoms with E-state index in [-0.39, 0.29) is 19.3 Å². The van der Waals surface area contributed by atoms with Crippen molar-refractivity contribution in [3.63, 3.8) is 0 Å². The van der Waals surface area contributed by atoms with E-state index in [0.717, 1.165) is 6.42 Å². The zero-order valence-electron chi connectivity index (χ0n) is 9.94. The van der Waals surface area contributed by atoms with Crippen molar-refractivity contribution in [2.24, 2.45) is 0 Å². The second kappa shape index (κ2) is 6.35. The Morgan fingerprint density at radius 3 is 2.56 bits per heavy atom. The summed E-state index contributed by atoms with van der Waals surface area (Å²) in [6.07, 6.45) is 1.64. The topological polar surface area (TPSA) is 52.5 Å². The van der Waals surface area contributed by atoms with Crippen LogP contribution in [0.4, 0.5) is 0 Å². The van der Waals surface area contributed by atoms with E-state index in [4.69, 9.17) is 0 Å². The first kappa shape index (κ1) is 13.6. The number of aliphatic hydroxyl groups excluding tert-OH is 2. The van der Waals surface area contributed by atoms with E-state index in [1.165, 1.54) is 5.56 Å². The van der Waals surface area contributed by atoms with Gasteiger partial charge in [-0.05, 0) is 42.2 Å². The summed E-state index contributed by atoms with van der Waals surface area (Å²) in [5, 5.41) is 26.2. The third kappa shape index (κ3) is 3.56. The molecule has 1 aromatic heterocycles. The van der Waals surface area contributed by atoms with Crippen LogP contribution in [-0.2, 0) is 6.42 Å². The van der Waals surface area contributed by atoms with Crippen LogP contribution in [0.15, 0.2) is 16.8 Å². The van der Waals surface area contributed by atoms with Gasteiger partial charge in [0.25, 0.3) is 0 Å². The molecule has 1 aromatic rings. The van der Waals surface area contributed by atoms with Gasteiger partial charge < -0.3 is 15.5 Å². The fraction of sp³-hybridized carbons (Fsp3) is 0.667. The zero-order valence-corrected chi connectivity index (χ0v) is 10.8. The lowest BCUT2D eigenvalue weighted by Crippen LogP contribution is -2.55. The van der Waals surface area contributed by atoms with Crippen molar-refractivity contribution in [1.29, 1.82) is 0 Å². The predicted octanol–water partition coefficient (Wildman–Crippen LogP) is 1.40. The normalized spacial score (nSPS) is 14.0. The molecule has 0 radical (unpaired) electrons. The van der Waals surface area contributed by atoms with Crippen molar-refractivity contribution >= 4 is 11.3 Å². The molecule has 3 N–H and O–H groups in total. The lowest BCUT2D eigenvalue weighted by Gasteiger charge is -2.33. The van der Waals surface area contributed by atoms with Crippen molar-refractivity contribution in [3.05, 3.63) is 22.4 Å². The molecule has 1 atom stereocenters. The Morgan fingerprint density at radius 2 is 2.12 bits per heavy atom. The van der Waals surface area contributed by atoms with E-state index in [0.29, 0.717) is 6.42 Å². The molecule has 0 aliphatic carbocycles. The first-order valence-corrected chi connectivity index (χ1v) is 6.60. The molecule has 0 saturated heterocycles. The van der Waals surface area contributed by atoms with Crippen molar-refractivity contribution in [3.8, 4) is 0 Å². The van der Waals surface area contributed by atoms with Crippen LogP contribution < -0.4 is 5.32 Å². The van der Waals surface area contributed by atoms with Gasteiger partial charge in [0.2, 0.25) is 0 Å². The van der Waals surface area contributed by atoms with Crippen LogP contribution in [0, 0.1) is 0 Å². The summed E-state index contributed by atoms with van der Waals surface area (Å²) in [6.45, 7) is 3.98. The fourth-order valence-electron chi connectivity index (χ4n) is 1.80. The van der Waals surface area contributed by atoms with Crippen LogP contribution in [0.2, 0.25) is 0 Å². The van der Waals surface area contributed by atoms with Gasteiger partial charge in [0.15, 0.2) is 0 Å². The molecule has 1 unspecified atom stereocenters. The highest BCUT2D eigenvalue weighted by molar-refractivity contribution is 7.07. The molecule has 3 nitrogen and oxygen atoms in total. The van der Waals surface area contributed by atoms with Gasteiger partial charge in [0.05, 0.1) is 18.8 Å². The Labute approximate surface area is 101 Å². The van der Waals surface area contributed by atoms with Crippen LogP contribution in [0.5, 0.6) is 0 Å². The minimum atomic E-state index is -0.546. The summed E-state index contributed by atoms with van der Waals surface area (Å²) < 4.78 is 0. The molecule has 4 heteroatoms. The van der Waals surface area contributed by atoms with Crippen molar-refractivity contribution in [2.75, 3.05) is 13.2 Å². The Hall–Kier alpha value is -0.420. The summed E-state index contributed by atoms with van der Waals surface area (Å²) in [6, 6.07) is 2.35. The molecule has 0 aliphatic rings. The highest BCUT2D eigenvalue weighted by Gasteiger charge is 2.27. The smallest absolute Gasteiger partial charge is 0.0647 e. The first-order valence-electron chi connectivity index (χ1n) is 5.66. The van der Waals surface area contributed by atoms with Crippen molar-refractivity contribution < 1.29 is 10.2 Å². The number of nitrogens with one attached hydrogen (secondary N) is 1. The maximum absolute atomic E-state index is 9.33. The Kier molecular flexibility index (Phi) is 5.41. The monoisotopic (exact) mass is 243 g/mol. The van der Waals surface area contributed by atoms with Crippen molar-refractivity contribution in [1.82, 2.24) is 5.32 Å².